The Kier molecular flexibility index (Phi) is 2.33. The summed E-state index contributed by atoms with van der Waals surface area (Å²) >= 11 is 0. The largest absolute Gasteiger partial charge is 0.508 e. The van der Waals surface area contributed by atoms with Crippen molar-refractivity contribution in [1.29, 1.82) is 0 Å². The predicted octanol–water partition coefficient (Wildman–Crippen LogP) is 0.958. The van der Waals surface area contributed by atoms with E-state index >= 15 is 0 Å². The van der Waals surface area contributed by atoms with Crippen molar-refractivity contribution in [3.8, 4) is 17.1 Å². The van der Waals surface area contributed by atoms with E-state index in [2.05, 4.69) is 10.1 Å². The molecule has 1 aliphatic rings. The Bertz CT molecular complexity index is 533. The molecule has 3 rings (SSSR count). The smallest absolute Gasteiger partial charge is 0.181 e. The second-order valence-corrected chi connectivity index (χ2v) is 4.27. The van der Waals surface area contributed by atoms with Gasteiger partial charge in [-0.2, -0.15) is 5.10 Å². The number of phenolic OH excluding ortho intramolecular Hbond substituents is 1. The molecule has 0 radical (unpaired) electrons. The van der Waals surface area contributed by atoms with Crippen LogP contribution in [0.15, 0.2) is 24.3 Å². The van der Waals surface area contributed by atoms with Crippen molar-refractivity contribution < 1.29 is 10.2 Å². The third-order valence-corrected chi connectivity index (χ3v) is 2.97. The summed E-state index contributed by atoms with van der Waals surface area (Å²) in [4.78, 5) is 4.41. The maximum atomic E-state index is 9.56. The second kappa shape index (κ2) is 3.85. The van der Waals surface area contributed by atoms with E-state index in [1.165, 1.54) is 0 Å². The van der Waals surface area contributed by atoms with Gasteiger partial charge in [0.25, 0.3) is 0 Å². The molecule has 0 saturated carbocycles. The quantitative estimate of drug-likeness (QED) is 0.766. The van der Waals surface area contributed by atoms with Gasteiger partial charge in [0.2, 0.25) is 0 Å². The maximum Gasteiger partial charge on any atom is 0.181 e. The lowest BCUT2D eigenvalue weighted by Crippen LogP contribution is -2.23. The highest BCUT2D eigenvalue weighted by atomic mass is 16.3. The maximum absolute atomic E-state index is 9.56. The third-order valence-electron chi connectivity index (χ3n) is 2.97. The summed E-state index contributed by atoms with van der Waals surface area (Å²) < 4.78 is 1.84. The van der Waals surface area contributed by atoms with Crippen molar-refractivity contribution in [3.05, 3.63) is 30.1 Å². The Morgan fingerprint density at radius 1 is 1.24 bits per heavy atom. The van der Waals surface area contributed by atoms with E-state index in [9.17, 15) is 10.2 Å². The highest BCUT2D eigenvalue weighted by molar-refractivity contribution is 5.55. The molecule has 1 aromatic heterocycles. The number of aromatic hydroxyl groups is 1. The fourth-order valence-corrected chi connectivity index (χ4v) is 2.02. The van der Waals surface area contributed by atoms with Crippen molar-refractivity contribution in [2.75, 3.05) is 0 Å². The molecule has 0 bridgehead atoms. The van der Waals surface area contributed by atoms with Crippen molar-refractivity contribution in [1.82, 2.24) is 14.8 Å². The van der Waals surface area contributed by atoms with Crippen LogP contribution in [-0.2, 0) is 13.0 Å². The lowest BCUT2D eigenvalue weighted by Gasteiger charge is -2.16. The van der Waals surface area contributed by atoms with E-state index in [0.717, 1.165) is 17.8 Å². The Labute approximate surface area is 98.4 Å². The van der Waals surface area contributed by atoms with Gasteiger partial charge in [-0.05, 0) is 30.7 Å². The fraction of sp³-hybridized carbons (Fsp3) is 0.333. The molecule has 0 spiro atoms. The first-order chi connectivity index (χ1) is 8.22. The number of phenols is 1. The van der Waals surface area contributed by atoms with Crippen LogP contribution in [-0.4, -0.2) is 31.1 Å². The van der Waals surface area contributed by atoms with Gasteiger partial charge in [-0.1, -0.05) is 0 Å². The molecule has 88 valence electrons. The van der Waals surface area contributed by atoms with Crippen LogP contribution in [0.4, 0.5) is 0 Å². The molecule has 2 N–H and O–H groups in total. The summed E-state index contributed by atoms with van der Waals surface area (Å²) in [5, 5.41) is 23.2. The van der Waals surface area contributed by atoms with Gasteiger partial charge in [-0.25, -0.2) is 9.67 Å². The molecule has 0 amide bonds. The Morgan fingerprint density at radius 3 is 2.76 bits per heavy atom. The Hall–Kier alpha value is -1.88. The molecule has 1 unspecified atom stereocenters. The molecular weight excluding hydrogens is 218 g/mol. The molecule has 2 aromatic rings. The van der Waals surface area contributed by atoms with Crippen LogP contribution in [0.3, 0.4) is 0 Å². The van der Waals surface area contributed by atoms with Gasteiger partial charge in [0.05, 0.1) is 6.10 Å². The zero-order valence-corrected chi connectivity index (χ0v) is 9.24. The molecule has 0 saturated heterocycles. The van der Waals surface area contributed by atoms with Crippen LogP contribution < -0.4 is 0 Å². The van der Waals surface area contributed by atoms with Crippen LogP contribution >= 0.6 is 0 Å². The normalized spacial score (nSPS) is 19.0. The molecule has 1 aliphatic heterocycles. The van der Waals surface area contributed by atoms with Gasteiger partial charge in [0.15, 0.2) is 5.82 Å². The van der Waals surface area contributed by atoms with Gasteiger partial charge in [-0.3, -0.25) is 0 Å². The summed E-state index contributed by atoms with van der Waals surface area (Å²) in [6.45, 7) is 0.710. The molecule has 5 nitrogen and oxygen atoms in total. The third kappa shape index (κ3) is 1.89. The molecule has 0 fully saturated rings. The lowest BCUT2D eigenvalue weighted by molar-refractivity contribution is 0.138. The van der Waals surface area contributed by atoms with Crippen LogP contribution in [0.5, 0.6) is 5.75 Å². The van der Waals surface area contributed by atoms with E-state index < -0.39 is 0 Å². The van der Waals surface area contributed by atoms with Crippen LogP contribution in [0.2, 0.25) is 0 Å². The molecular formula is C12H13N3O2. The monoisotopic (exact) mass is 231 g/mol. The topological polar surface area (TPSA) is 71.2 Å². The van der Waals surface area contributed by atoms with Gasteiger partial charge >= 0.3 is 0 Å². The first-order valence-electron chi connectivity index (χ1n) is 5.63. The van der Waals surface area contributed by atoms with Crippen LogP contribution in [0, 0.1) is 0 Å². The minimum atomic E-state index is -0.306. The van der Waals surface area contributed by atoms with Gasteiger partial charge in [-0.15, -0.1) is 0 Å². The zero-order valence-electron chi connectivity index (χ0n) is 9.24. The fourth-order valence-electron chi connectivity index (χ4n) is 2.02. The second-order valence-electron chi connectivity index (χ2n) is 4.27. The number of fused-ring (bicyclic) bond motifs is 1. The summed E-state index contributed by atoms with van der Waals surface area (Å²) in [6.07, 6.45) is 0.982. The Balaban J connectivity index is 1.97. The molecule has 0 aliphatic carbocycles. The number of benzene rings is 1. The minimum Gasteiger partial charge on any atom is -0.508 e. The number of aromatic nitrogens is 3. The van der Waals surface area contributed by atoms with Crippen molar-refractivity contribution in [2.45, 2.75) is 25.5 Å². The summed E-state index contributed by atoms with van der Waals surface area (Å²) in [5.74, 6) is 1.70. The SMILES string of the molecule is Oc1ccc(-c2nc3n(n2)CCC(O)C3)cc1. The highest BCUT2D eigenvalue weighted by Gasteiger charge is 2.20. The number of aliphatic hydroxyl groups excluding tert-OH is 1. The molecule has 1 atom stereocenters. The molecule has 17 heavy (non-hydrogen) atoms. The first kappa shape index (κ1) is 10.3. The van der Waals surface area contributed by atoms with Crippen LogP contribution in [0.25, 0.3) is 11.4 Å². The van der Waals surface area contributed by atoms with Gasteiger partial charge in [0.1, 0.15) is 11.6 Å². The average molecular weight is 231 g/mol. The van der Waals surface area contributed by atoms with Crippen LogP contribution in [0.1, 0.15) is 12.2 Å². The number of aliphatic hydroxyl groups is 1. The van der Waals surface area contributed by atoms with Gasteiger partial charge < -0.3 is 10.2 Å². The molecule has 5 heteroatoms. The van der Waals surface area contributed by atoms with E-state index in [-0.39, 0.29) is 11.9 Å². The number of hydrogen-bond donors (Lipinski definition) is 2. The van der Waals surface area contributed by atoms with E-state index in [0.29, 0.717) is 18.8 Å². The van der Waals surface area contributed by atoms with Crippen molar-refractivity contribution in [2.24, 2.45) is 0 Å². The van der Waals surface area contributed by atoms with E-state index in [4.69, 9.17) is 0 Å². The minimum absolute atomic E-state index is 0.230. The number of hydrogen-bond acceptors (Lipinski definition) is 4. The van der Waals surface area contributed by atoms with Gasteiger partial charge in [0, 0.05) is 18.5 Å². The molecule has 2 heterocycles. The lowest BCUT2D eigenvalue weighted by atomic mass is 10.1. The molecule has 1 aromatic carbocycles. The van der Waals surface area contributed by atoms with Crippen molar-refractivity contribution in [3.63, 3.8) is 0 Å². The van der Waals surface area contributed by atoms with E-state index in [1.807, 2.05) is 4.68 Å². The number of nitrogens with zero attached hydrogens (tertiary/aromatic N) is 3. The zero-order chi connectivity index (χ0) is 11.8. The summed E-state index contributed by atoms with van der Waals surface area (Å²) in [5.41, 5.74) is 0.874. The number of aryl methyl sites for hydroxylation is 1. The highest BCUT2D eigenvalue weighted by Crippen LogP contribution is 2.21. The standard InChI is InChI=1S/C12H13N3O2/c16-9-3-1-8(2-4-9)12-13-11-7-10(17)5-6-15(11)14-12/h1-4,10,16-17H,5-7H2. The number of rotatable bonds is 1. The summed E-state index contributed by atoms with van der Waals surface area (Å²) in [7, 11) is 0. The van der Waals surface area contributed by atoms with E-state index in [1.54, 1.807) is 24.3 Å². The summed E-state index contributed by atoms with van der Waals surface area (Å²) in [6, 6.07) is 6.80. The first-order valence-corrected chi connectivity index (χ1v) is 5.63. The average Bonchev–Trinajstić information content (AvgIpc) is 2.72. The predicted molar refractivity (Wildman–Crippen MR) is 61.5 cm³/mol. The van der Waals surface area contributed by atoms with Crippen molar-refractivity contribution >= 4 is 0 Å². The Morgan fingerprint density at radius 2 is 2.00 bits per heavy atom.